The van der Waals surface area contributed by atoms with Gasteiger partial charge in [-0.2, -0.15) is 0 Å². The van der Waals surface area contributed by atoms with Crippen LogP contribution in [0.3, 0.4) is 0 Å². The monoisotopic (exact) mass is 480 g/mol. The average Bonchev–Trinajstić information content (AvgIpc) is 3.50. The number of benzene rings is 1. The molecule has 0 saturated carbocycles. The van der Waals surface area contributed by atoms with Crippen LogP contribution in [-0.2, 0) is 20.8 Å². The SMILES string of the molecule is COCCOc1ccc2c(c1)CN(C1CN=C(C(=O)Nc3cnccc3N3CCNCC3)O1)C2=O. The highest BCUT2D eigenvalue weighted by Gasteiger charge is 2.38. The number of hydrogen-bond acceptors (Lipinski definition) is 9. The van der Waals surface area contributed by atoms with Gasteiger partial charge in [0.05, 0.1) is 37.3 Å². The third-order valence-electron chi connectivity index (χ3n) is 6.15. The Morgan fingerprint density at radius 1 is 1.26 bits per heavy atom. The first kappa shape index (κ1) is 23.1. The Labute approximate surface area is 203 Å². The quantitative estimate of drug-likeness (QED) is 0.535. The second-order valence-corrected chi connectivity index (χ2v) is 8.40. The van der Waals surface area contributed by atoms with Crippen molar-refractivity contribution in [1.29, 1.82) is 0 Å². The van der Waals surface area contributed by atoms with Gasteiger partial charge in [0.25, 0.3) is 11.8 Å². The normalized spacial score (nSPS) is 19.3. The number of nitrogens with zero attached hydrogens (tertiary/aromatic N) is 4. The lowest BCUT2D eigenvalue weighted by molar-refractivity contribution is -0.112. The fraction of sp³-hybridized carbons (Fsp3) is 0.417. The molecule has 2 amide bonds. The van der Waals surface area contributed by atoms with E-state index in [0.29, 0.717) is 36.8 Å². The molecule has 5 rings (SSSR count). The zero-order chi connectivity index (χ0) is 24.2. The predicted octanol–water partition coefficient (Wildman–Crippen LogP) is 0.866. The molecule has 1 saturated heterocycles. The molecule has 0 aliphatic carbocycles. The van der Waals surface area contributed by atoms with E-state index in [0.717, 1.165) is 37.4 Å². The van der Waals surface area contributed by atoms with Crippen molar-refractivity contribution in [1.82, 2.24) is 15.2 Å². The highest BCUT2D eigenvalue weighted by Crippen LogP contribution is 2.30. The highest BCUT2D eigenvalue weighted by molar-refractivity contribution is 6.40. The third-order valence-corrected chi connectivity index (χ3v) is 6.15. The lowest BCUT2D eigenvalue weighted by Gasteiger charge is -2.30. The first-order valence-corrected chi connectivity index (χ1v) is 11.6. The minimum absolute atomic E-state index is 0.0440. The maximum atomic E-state index is 13.0. The smallest absolute Gasteiger partial charge is 0.310 e. The highest BCUT2D eigenvalue weighted by atomic mass is 16.5. The largest absolute Gasteiger partial charge is 0.491 e. The van der Waals surface area contributed by atoms with E-state index in [4.69, 9.17) is 14.2 Å². The molecular formula is C24H28N6O5. The van der Waals surface area contributed by atoms with Crippen molar-refractivity contribution in [3.8, 4) is 5.75 Å². The molecule has 11 nitrogen and oxygen atoms in total. The molecule has 0 bridgehead atoms. The number of methoxy groups -OCH3 is 1. The summed E-state index contributed by atoms with van der Waals surface area (Å²) in [4.78, 5) is 38.1. The fourth-order valence-corrected chi connectivity index (χ4v) is 4.38. The number of ether oxygens (including phenoxy) is 3. The molecule has 1 atom stereocenters. The number of fused-ring (bicyclic) bond motifs is 1. The van der Waals surface area contributed by atoms with Gasteiger partial charge >= 0.3 is 5.91 Å². The Balaban J connectivity index is 1.21. The van der Waals surface area contributed by atoms with Gasteiger partial charge in [-0.3, -0.25) is 19.5 Å². The molecule has 35 heavy (non-hydrogen) atoms. The van der Waals surface area contributed by atoms with Gasteiger partial charge in [-0.15, -0.1) is 0 Å². The van der Waals surface area contributed by atoms with Crippen LogP contribution in [0.4, 0.5) is 11.4 Å². The molecular weight excluding hydrogens is 452 g/mol. The molecule has 1 unspecified atom stereocenters. The van der Waals surface area contributed by atoms with Crippen LogP contribution in [0.25, 0.3) is 0 Å². The van der Waals surface area contributed by atoms with E-state index >= 15 is 0 Å². The van der Waals surface area contributed by atoms with Crippen LogP contribution in [0.1, 0.15) is 15.9 Å². The van der Waals surface area contributed by atoms with E-state index in [1.54, 1.807) is 36.5 Å². The summed E-state index contributed by atoms with van der Waals surface area (Å²) >= 11 is 0. The lowest BCUT2D eigenvalue weighted by Crippen LogP contribution is -2.44. The van der Waals surface area contributed by atoms with E-state index in [1.807, 2.05) is 12.1 Å². The molecule has 4 heterocycles. The molecule has 0 radical (unpaired) electrons. The van der Waals surface area contributed by atoms with Gasteiger partial charge in [0, 0.05) is 45.0 Å². The fourth-order valence-electron chi connectivity index (χ4n) is 4.38. The molecule has 1 aromatic heterocycles. The molecule has 1 fully saturated rings. The molecule has 3 aliphatic rings. The van der Waals surface area contributed by atoms with E-state index in [9.17, 15) is 9.59 Å². The molecule has 184 valence electrons. The van der Waals surface area contributed by atoms with Crippen LogP contribution in [0.2, 0.25) is 0 Å². The van der Waals surface area contributed by atoms with Crippen LogP contribution in [0.5, 0.6) is 5.75 Å². The van der Waals surface area contributed by atoms with Crippen molar-refractivity contribution in [2.24, 2.45) is 4.99 Å². The van der Waals surface area contributed by atoms with Crippen molar-refractivity contribution in [2.45, 2.75) is 12.8 Å². The summed E-state index contributed by atoms with van der Waals surface area (Å²) in [6.45, 7) is 4.89. The van der Waals surface area contributed by atoms with Gasteiger partial charge in [0.1, 0.15) is 12.4 Å². The van der Waals surface area contributed by atoms with Gasteiger partial charge < -0.3 is 29.7 Å². The number of pyridine rings is 1. The number of carbonyl (C=O) groups is 2. The van der Waals surface area contributed by atoms with Crippen LogP contribution < -0.4 is 20.3 Å². The first-order valence-electron chi connectivity index (χ1n) is 11.6. The zero-order valence-electron chi connectivity index (χ0n) is 19.5. The van der Waals surface area contributed by atoms with E-state index in [-0.39, 0.29) is 18.3 Å². The van der Waals surface area contributed by atoms with E-state index in [2.05, 4.69) is 25.5 Å². The summed E-state index contributed by atoms with van der Waals surface area (Å²) in [7, 11) is 1.61. The predicted molar refractivity (Wildman–Crippen MR) is 129 cm³/mol. The minimum atomic E-state index is -0.643. The summed E-state index contributed by atoms with van der Waals surface area (Å²) in [5.41, 5.74) is 2.95. The second-order valence-electron chi connectivity index (χ2n) is 8.40. The lowest BCUT2D eigenvalue weighted by atomic mass is 10.1. The Morgan fingerprint density at radius 3 is 2.94 bits per heavy atom. The Bertz CT molecular complexity index is 1130. The maximum Gasteiger partial charge on any atom is 0.310 e. The number of aliphatic imine (C=N–C) groups is 1. The van der Waals surface area contributed by atoms with Crippen molar-refractivity contribution < 1.29 is 23.8 Å². The molecule has 1 aromatic carbocycles. The maximum absolute atomic E-state index is 13.0. The van der Waals surface area contributed by atoms with Crippen LogP contribution in [-0.4, -0.2) is 86.9 Å². The number of carbonyl (C=O) groups excluding carboxylic acids is 2. The van der Waals surface area contributed by atoms with Crippen LogP contribution in [0.15, 0.2) is 41.7 Å². The number of hydrogen-bond donors (Lipinski definition) is 2. The topological polar surface area (TPSA) is 118 Å². The van der Waals surface area contributed by atoms with Crippen molar-refractivity contribution in [2.75, 3.05) is 63.3 Å². The van der Waals surface area contributed by atoms with Crippen molar-refractivity contribution in [3.63, 3.8) is 0 Å². The Kier molecular flexibility index (Phi) is 6.77. The standard InChI is InChI=1S/C24H28N6O5/c1-33-10-11-34-17-2-3-18-16(12-17)15-30(24(18)32)21-14-27-23(35-21)22(31)28-19-13-26-5-4-20(19)29-8-6-25-7-9-29/h2-5,12-13,21,25H,6-11,14-15H2,1H3,(H,28,31). The summed E-state index contributed by atoms with van der Waals surface area (Å²) in [5, 5.41) is 6.19. The van der Waals surface area contributed by atoms with Gasteiger partial charge in [0.2, 0.25) is 0 Å². The molecule has 11 heteroatoms. The van der Waals surface area contributed by atoms with Gasteiger partial charge in [0.15, 0.2) is 6.23 Å². The number of piperazine rings is 1. The van der Waals surface area contributed by atoms with Crippen LogP contribution in [0, 0.1) is 0 Å². The summed E-state index contributed by atoms with van der Waals surface area (Å²) < 4.78 is 16.5. The number of anilines is 2. The zero-order valence-corrected chi connectivity index (χ0v) is 19.5. The van der Waals surface area contributed by atoms with Crippen LogP contribution >= 0.6 is 0 Å². The molecule has 3 aliphatic heterocycles. The summed E-state index contributed by atoms with van der Waals surface area (Å²) in [6, 6.07) is 7.26. The minimum Gasteiger partial charge on any atom is -0.491 e. The van der Waals surface area contributed by atoms with Gasteiger partial charge in [-0.1, -0.05) is 0 Å². The number of rotatable bonds is 8. The summed E-state index contributed by atoms with van der Waals surface area (Å²) in [5.74, 6) is 0.0155. The number of amides is 2. The summed E-state index contributed by atoms with van der Waals surface area (Å²) in [6.07, 6.45) is 2.68. The van der Waals surface area contributed by atoms with Gasteiger partial charge in [-0.05, 0) is 29.8 Å². The molecule has 0 spiro atoms. The first-order chi connectivity index (χ1) is 17.1. The van der Waals surface area contributed by atoms with Gasteiger partial charge in [-0.25, -0.2) is 4.99 Å². The van der Waals surface area contributed by atoms with E-state index < -0.39 is 12.1 Å². The van der Waals surface area contributed by atoms with E-state index in [1.165, 1.54) is 0 Å². The second kappa shape index (κ2) is 10.3. The Hall–Kier alpha value is -3.70. The van der Waals surface area contributed by atoms with Crippen molar-refractivity contribution in [3.05, 3.63) is 47.8 Å². The molecule has 2 N–H and O–H groups in total. The van der Waals surface area contributed by atoms with Crippen molar-refractivity contribution >= 4 is 29.1 Å². The average molecular weight is 481 g/mol. The third kappa shape index (κ3) is 4.91. The number of aromatic nitrogens is 1. The molecule has 2 aromatic rings. The number of nitrogens with one attached hydrogen (secondary N) is 2. The Morgan fingerprint density at radius 2 is 2.11 bits per heavy atom.